The van der Waals surface area contributed by atoms with Gasteiger partial charge >= 0.3 is 0 Å². The molecule has 2 heterocycles. The lowest BCUT2D eigenvalue weighted by molar-refractivity contribution is -0.136. The number of nitrogens with one attached hydrogen (secondary N) is 1. The van der Waals surface area contributed by atoms with Gasteiger partial charge in [0.2, 0.25) is 11.8 Å². The van der Waals surface area contributed by atoms with Crippen LogP contribution >= 0.6 is 11.9 Å². The average molecular weight is 461 g/mol. The molecule has 1 aromatic carbocycles. The summed E-state index contributed by atoms with van der Waals surface area (Å²) in [5, 5.41) is 2.77. The van der Waals surface area contributed by atoms with E-state index in [1.54, 1.807) is 24.0 Å². The van der Waals surface area contributed by atoms with Gasteiger partial charge in [0.25, 0.3) is 0 Å². The Labute approximate surface area is 194 Å². The van der Waals surface area contributed by atoms with Crippen LogP contribution in [0.25, 0.3) is 0 Å². The summed E-state index contributed by atoms with van der Waals surface area (Å²) in [4.78, 5) is 31.9. The van der Waals surface area contributed by atoms with Crippen LogP contribution in [0.1, 0.15) is 44.6 Å². The second-order valence-electron chi connectivity index (χ2n) is 8.95. The maximum absolute atomic E-state index is 12.8. The summed E-state index contributed by atoms with van der Waals surface area (Å²) < 4.78 is 11.4. The van der Waals surface area contributed by atoms with E-state index in [1.807, 2.05) is 29.4 Å². The number of methoxy groups -OCH3 is 1. The first-order valence-electron chi connectivity index (χ1n) is 11.1. The van der Waals surface area contributed by atoms with Gasteiger partial charge in [0.05, 0.1) is 13.7 Å². The minimum absolute atomic E-state index is 0.00278. The molecule has 9 heteroatoms. The maximum atomic E-state index is 12.8. The van der Waals surface area contributed by atoms with Gasteiger partial charge in [-0.05, 0) is 62.3 Å². The van der Waals surface area contributed by atoms with Gasteiger partial charge in [0.15, 0.2) is 11.5 Å². The van der Waals surface area contributed by atoms with Crippen molar-refractivity contribution in [3.05, 3.63) is 35.0 Å². The number of likely N-dealkylation sites (N-methyl/N-ethyl adjacent to an activating group) is 1. The molecule has 2 fully saturated rings. The second-order valence-corrected chi connectivity index (χ2v) is 9.76. The van der Waals surface area contributed by atoms with E-state index in [4.69, 9.17) is 9.47 Å². The number of carbonyl (C=O) groups is 2. The Morgan fingerprint density at radius 1 is 1.31 bits per heavy atom. The lowest BCUT2D eigenvalue weighted by Gasteiger charge is -2.22. The number of benzene rings is 1. The van der Waals surface area contributed by atoms with Crippen LogP contribution < -0.4 is 14.3 Å². The lowest BCUT2D eigenvalue weighted by Crippen LogP contribution is -2.38. The van der Waals surface area contributed by atoms with Crippen LogP contribution in [-0.4, -0.2) is 66.5 Å². The van der Waals surface area contributed by atoms with Crippen LogP contribution in [0.5, 0.6) is 11.5 Å². The minimum atomic E-state index is -0.103. The summed E-state index contributed by atoms with van der Waals surface area (Å²) in [6.07, 6.45) is 4.75. The van der Waals surface area contributed by atoms with E-state index in [0.29, 0.717) is 31.2 Å². The van der Waals surface area contributed by atoms with Crippen LogP contribution in [0.15, 0.2) is 29.4 Å². The van der Waals surface area contributed by atoms with E-state index in [-0.39, 0.29) is 30.3 Å². The molecular weight excluding hydrogens is 428 g/mol. The Hall–Kier alpha value is -2.39. The van der Waals surface area contributed by atoms with Crippen LogP contribution in [0, 0.1) is 5.92 Å². The van der Waals surface area contributed by atoms with Crippen LogP contribution in [-0.2, 0) is 9.59 Å². The van der Waals surface area contributed by atoms with Crippen molar-refractivity contribution < 1.29 is 19.1 Å². The summed E-state index contributed by atoms with van der Waals surface area (Å²) >= 11 is 1.40. The smallest absolute Gasteiger partial charge is 0.246 e. The van der Waals surface area contributed by atoms with Gasteiger partial charge in [-0.15, -0.1) is 0 Å². The lowest BCUT2D eigenvalue weighted by atomic mass is 9.98. The first-order valence-corrected chi connectivity index (χ1v) is 11.9. The molecule has 1 saturated heterocycles. The number of hydrogen-bond acceptors (Lipinski definition) is 7. The standard InChI is InChI=1S/C23H32N4O4S/c1-15(2)27-13-23(32-24-27)25(3)22(29)12-26-11-18(10-21(26)28)17-7-8-19(30-4)20(9-17)31-14-16-5-6-16/h7-9,13,15-16,18,24H,5-6,10-12,14H2,1-4H3/t18-/m1/s1. The van der Waals surface area contributed by atoms with Crippen LogP contribution in [0.4, 0.5) is 0 Å². The summed E-state index contributed by atoms with van der Waals surface area (Å²) in [5.41, 5.74) is 1.04. The number of nitrogens with zero attached hydrogens (tertiary/aromatic N) is 3. The number of hydrazine groups is 1. The molecule has 0 aromatic heterocycles. The van der Waals surface area contributed by atoms with Gasteiger partial charge in [0, 0.05) is 38.2 Å². The molecule has 174 valence electrons. The molecular formula is C23H32N4O4S. The Kier molecular flexibility index (Phi) is 6.85. The third-order valence-electron chi connectivity index (χ3n) is 6.14. The highest BCUT2D eigenvalue weighted by molar-refractivity contribution is 8.01. The predicted octanol–water partition coefficient (Wildman–Crippen LogP) is 2.93. The van der Waals surface area contributed by atoms with Crippen LogP contribution in [0.2, 0.25) is 0 Å². The van der Waals surface area contributed by atoms with Gasteiger partial charge in [-0.25, -0.2) is 0 Å². The number of carbonyl (C=O) groups excluding carboxylic acids is 2. The van der Waals surface area contributed by atoms with Crippen molar-refractivity contribution >= 4 is 23.8 Å². The molecule has 32 heavy (non-hydrogen) atoms. The molecule has 0 bridgehead atoms. The monoisotopic (exact) mass is 460 g/mol. The Morgan fingerprint density at radius 3 is 2.75 bits per heavy atom. The number of rotatable bonds is 9. The molecule has 0 unspecified atom stereocenters. The minimum Gasteiger partial charge on any atom is -0.493 e. The van der Waals surface area contributed by atoms with E-state index >= 15 is 0 Å². The fourth-order valence-electron chi connectivity index (χ4n) is 3.77. The molecule has 4 rings (SSSR count). The molecule has 1 aliphatic carbocycles. The molecule has 1 atom stereocenters. The van der Waals surface area contributed by atoms with Crippen LogP contribution in [0.3, 0.4) is 0 Å². The second kappa shape index (κ2) is 9.62. The van der Waals surface area contributed by atoms with Crippen molar-refractivity contribution in [2.75, 3.05) is 33.9 Å². The summed E-state index contributed by atoms with van der Waals surface area (Å²) in [6, 6.07) is 6.17. The van der Waals surface area contributed by atoms with Crippen molar-refractivity contribution in [1.82, 2.24) is 19.6 Å². The molecule has 3 aliphatic rings. The van der Waals surface area contributed by atoms with Crippen molar-refractivity contribution in [2.24, 2.45) is 5.92 Å². The zero-order valence-electron chi connectivity index (χ0n) is 19.2. The van der Waals surface area contributed by atoms with E-state index in [0.717, 1.165) is 16.3 Å². The first-order chi connectivity index (χ1) is 15.4. The third-order valence-corrected chi connectivity index (χ3v) is 7.03. The largest absolute Gasteiger partial charge is 0.493 e. The van der Waals surface area contributed by atoms with Crippen molar-refractivity contribution in [3.63, 3.8) is 0 Å². The highest BCUT2D eigenvalue weighted by Crippen LogP contribution is 2.37. The Bertz CT molecular complexity index is 902. The number of amides is 2. The number of hydrogen-bond donors (Lipinski definition) is 1. The molecule has 0 spiro atoms. The van der Waals surface area contributed by atoms with Gasteiger partial charge < -0.3 is 24.3 Å². The van der Waals surface area contributed by atoms with Crippen molar-refractivity contribution in [2.45, 2.75) is 45.1 Å². The topological polar surface area (TPSA) is 74.4 Å². The van der Waals surface area contributed by atoms with E-state index in [1.165, 1.54) is 24.8 Å². The molecule has 2 aliphatic heterocycles. The van der Waals surface area contributed by atoms with Crippen molar-refractivity contribution in [1.29, 1.82) is 0 Å². The fraction of sp³-hybridized carbons (Fsp3) is 0.565. The van der Waals surface area contributed by atoms with Gasteiger partial charge in [-0.3, -0.25) is 9.59 Å². The first kappa shape index (κ1) is 22.8. The summed E-state index contributed by atoms with van der Waals surface area (Å²) in [6.45, 7) is 5.44. The SMILES string of the molecule is COc1ccc([C@@H]2CC(=O)N(CC(=O)N(C)C3=CN(C(C)C)NS3)C2)cc1OCC1CC1. The molecule has 0 radical (unpaired) electrons. The highest BCUT2D eigenvalue weighted by atomic mass is 32.2. The normalized spacial score (nSPS) is 20.7. The van der Waals surface area contributed by atoms with Crippen molar-refractivity contribution in [3.8, 4) is 11.5 Å². The predicted molar refractivity (Wildman–Crippen MR) is 124 cm³/mol. The Balaban J connectivity index is 1.38. The third kappa shape index (κ3) is 5.15. The van der Waals surface area contributed by atoms with Gasteiger partial charge in [-0.2, -0.15) is 4.83 Å². The molecule has 1 N–H and O–H groups in total. The zero-order chi connectivity index (χ0) is 22.8. The zero-order valence-corrected chi connectivity index (χ0v) is 20.0. The molecule has 1 aromatic rings. The highest BCUT2D eigenvalue weighted by Gasteiger charge is 2.34. The van der Waals surface area contributed by atoms with E-state index < -0.39 is 0 Å². The number of ether oxygens (including phenoxy) is 2. The molecule has 2 amide bonds. The molecule has 8 nitrogen and oxygen atoms in total. The summed E-state index contributed by atoms with van der Waals surface area (Å²) in [5.74, 6) is 2.01. The Morgan fingerprint density at radius 2 is 2.09 bits per heavy atom. The maximum Gasteiger partial charge on any atom is 0.246 e. The van der Waals surface area contributed by atoms with Gasteiger partial charge in [0.1, 0.15) is 11.6 Å². The molecule has 1 saturated carbocycles. The number of likely N-dealkylation sites (tertiary alicyclic amines) is 1. The summed E-state index contributed by atoms with van der Waals surface area (Å²) in [7, 11) is 3.38. The quantitative estimate of drug-likeness (QED) is 0.568. The fourth-order valence-corrected chi connectivity index (χ4v) is 4.64. The van der Waals surface area contributed by atoms with E-state index in [9.17, 15) is 9.59 Å². The average Bonchev–Trinajstić information content (AvgIpc) is 3.34. The van der Waals surface area contributed by atoms with E-state index in [2.05, 4.69) is 18.7 Å². The van der Waals surface area contributed by atoms with Gasteiger partial charge in [-0.1, -0.05) is 6.07 Å².